The number of aliphatic carboxylic acids is 1. The third kappa shape index (κ3) is 8.69. The van der Waals surface area contributed by atoms with Crippen LogP contribution >= 0.6 is 11.3 Å². The molecule has 8 nitrogen and oxygen atoms in total. The molecule has 0 unspecified atom stereocenters. The van der Waals surface area contributed by atoms with Crippen molar-refractivity contribution >= 4 is 29.1 Å². The van der Waals surface area contributed by atoms with E-state index in [0.717, 1.165) is 32.7 Å². The molecule has 2 aromatic heterocycles. The van der Waals surface area contributed by atoms with Crippen molar-refractivity contribution in [2.75, 3.05) is 0 Å². The van der Waals surface area contributed by atoms with Gasteiger partial charge in [0, 0.05) is 47.7 Å². The molecule has 0 saturated heterocycles. The van der Waals surface area contributed by atoms with Gasteiger partial charge in [0.05, 0.1) is 4.88 Å². The molecule has 5 rings (SSSR count). The average Bonchev–Trinajstić information content (AvgIpc) is 3.57. The number of nitrogens with one attached hydrogen (secondary N) is 2. The Morgan fingerprint density at radius 2 is 1.50 bits per heavy atom. The van der Waals surface area contributed by atoms with E-state index in [-0.39, 0.29) is 30.6 Å². The Balaban J connectivity index is 1.25. The first-order valence-electron chi connectivity index (χ1n) is 16.0. The maximum atomic E-state index is 13.6. The van der Waals surface area contributed by atoms with E-state index in [1.807, 2.05) is 54.6 Å². The van der Waals surface area contributed by atoms with Crippen LogP contribution in [0.15, 0.2) is 73.1 Å². The molecule has 0 radical (unpaired) electrons. The van der Waals surface area contributed by atoms with E-state index in [2.05, 4.69) is 41.4 Å². The van der Waals surface area contributed by atoms with Gasteiger partial charge in [-0.1, -0.05) is 69.3 Å². The van der Waals surface area contributed by atoms with Gasteiger partial charge in [-0.25, -0.2) is 18.7 Å². The van der Waals surface area contributed by atoms with Crippen LogP contribution in [-0.4, -0.2) is 50.9 Å². The highest BCUT2D eigenvalue weighted by molar-refractivity contribution is 7.14. The van der Waals surface area contributed by atoms with Crippen molar-refractivity contribution in [2.45, 2.75) is 89.1 Å². The zero-order valence-corrected chi connectivity index (χ0v) is 28.2. The molecular weight excluding hydrogens is 634 g/mol. The number of halogens is 2. The zero-order valence-electron chi connectivity index (χ0n) is 27.4. The van der Waals surface area contributed by atoms with Crippen molar-refractivity contribution in [3.05, 3.63) is 93.9 Å². The van der Waals surface area contributed by atoms with Gasteiger partial charge in [-0.15, -0.1) is 11.3 Å². The maximum Gasteiger partial charge on any atom is 0.325 e. The third-order valence-corrected chi connectivity index (χ3v) is 10.2. The van der Waals surface area contributed by atoms with E-state index in [0.29, 0.717) is 23.5 Å². The Labute approximate surface area is 283 Å². The van der Waals surface area contributed by atoms with Crippen molar-refractivity contribution in [3.8, 4) is 22.5 Å². The molecule has 0 bridgehead atoms. The number of amides is 2. The van der Waals surface area contributed by atoms with Crippen molar-refractivity contribution in [2.24, 2.45) is 0 Å². The van der Waals surface area contributed by atoms with Crippen molar-refractivity contribution in [1.29, 1.82) is 0 Å². The number of carbonyl (C=O) groups excluding carboxylic acids is 2. The van der Waals surface area contributed by atoms with Crippen LogP contribution in [0.5, 0.6) is 0 Å². The van der Waals surface area contributed by atoms with Crippen LogP contribution in [0.25, 0.3) is 22.5 Å². The Kier molecular flexibility index (Phi) is 10.4. The summed E-state index contributed by atoms with van der Waals surface area (Å²) in [5.41, 5.74) is 4.22. The molecule has 2 amide bonds. The Morgan fingerprint density at radius 1 is 0.896 bits per heavy atom. The van der Waals surface area contributed by atoms with E-state index in [9.17, 15) is 28.3 Å². The number of alkyl halides is 2. The lowest BCUT2D eigenvalue weighted by molar-refractivity contribution is -0.141. The minimum absolute atomic E-state index is 0.0671. The molecule has 0 aliphatic heterocycles. The van der Waals surface area contributed by atoms with Crippen LogP contribution in [-0.2, 0) is 21.4 Å². The minimum Gasteiger partial charge on any atom is -0.480 e. The van der Waals surface area contributed by atoms with E-state index >= 15 is 0 Å². The SMILES string of the molecule is C[C@@H](NC(=O)[C@H](Cc1ccc(-c2ncc(-c3ccc(C4CCC(F)(F)CC4)cc3)cn2)cc1)NC(=O)c1ccc(C(C)(C)C)s1)C(=O)O. The topological polar surface area (TPSA) is 121 Å². The van der Waals surface area contributed by atoms with E-state index in [4.69, 9.17) is 0 Å². The van der Waals surface area contributed by atoms with Gasteiger partial charge < -0.3 is 15.7 Å². The van der Waals surface area contributed by atoms with Crippen molar-refractivity contribution in [1.82, 2.24) is 20.6 Å². The van der Waals surface area contributed by atoms with Crippen LogP contribution in [0.4, 0.5) is 8.78 Å². The van der Waals surface area contributed by atoms with Gasteiger partial charge in [-0.2, -0.15) is 0 Å². The molecule has 3 N–H and O–H groups in total. The number of carboxylic acids is 1. The van der Waals surface area contributed by atoms with Crippen LogP contribution in [0.3, 0.4) is 0 Å². The standard InChI is InChI=1S/C37H40F2N4O4S/c1-22(35(46)47)42-33(44)29(43-34(45)30-13-14-31(48-30)36(2,3)4)19-23-5-7-27(8-6-23)32-40-20-28(21-41-32)25-11-9-24(10-12-25)26-15-17-37(38,39)18-16-26/h5-14,20-22,26,29H,15-19H2,1-4H3,(H,42,44)(H,43,45)(H,46,47)/t22-,29+/m1/s1. The number of carboxylic acid groups (broad SMARTS) is 1. The van der Waals surface area contributed by atoms with Gasteiger partial charge in [-0.05, 0) is 59.9 Å². The molecule has 2 aromatic carbocycles. The predicted octanol–water partition coefficient (Wildman–Crippen LogP) is 7.39. The zero-order chi connectivity index (χ0) is 34.6. The number of carbonyl (C=O) groups is 3. The fourth-order valence-electron chi connectivity index (χ4n) is 5.65. The second-order valence-electron chi connectivity index (χ2n) is 13.5. The monoisotopic (exact) mass is 674 g/mol. The number of rotatable bonds is 10. The van der Waals surface area contributed by atoms with Crippen LogP contribution in [0.1, 0.15) is 85.0 Å². The maximum absolute atomic E-state index is 13.6. The number of thiophene rings is 1. The Bertz CT molecular complexity index is 1740. The Hall–Kier alpha value is -4.51. The summed E-state index contributed by atoms with van der Waals surface area (Å²) in [6.07, 6.45) is 4.46. The Morgan fingerprint density at radius 3 is 2.06 bits per heavy atom. The molecule has 1 fully saturated rings. The smallest absolute Gasteiger partial charge is 0.325 e. The lowest BCUT2D eigenvalue weighted by atomic mass is 9.82. The number of hydrogen-bond acceptors (Lipinski definition) is 6. The van der Waals surface area contributed by atoms with Gasteiger partial charge in [0.2, 0.25) is 11.8 Å². The quantitative estimate of drug-likeness (QED) is 0.161. The summed E-state index contributed by atoms with van der Waals surface area (Å²) >= 11 is 1.36. The average molecular weight is 675 g/mol. The third-order valence-electron chi connectivity index (χ3n) is 8.66. The molecule has 252 valence electrons. The van der Waals surface area contributed by atoms with Crippen LogP contribution < -0.4 is 10.6 Å². The van der Waals surface area contributed by atoms with Gasteiger partial charge in [-0.3, -0.25) is 14.4 Å². The summed E-state index contributed by atoms with van der Waals surface area (Å²) in [7, 11) is 0. The molecule has 2 heterocycles. The van der Waals surface area contributed by atoms with E-state index < -0.39 is 35.8 Å². The highest BCUT2D eigenvalue weighted by Crippen LogP contribution is 2.41. The lowest BCUT2D eigenvalue weighted by Crippen LogP contribution is -2.51. The van der Waals surface area contributed by atoms with E-state index in [1.54, 1.807) is 18.5 Å². The summed E-state index contributed by atoms with van der Waals surface area (Å²) in [4.78, 5) is 48.2. The molecule has 2 atom stereocenters. The van der Waals surface area contributed by atoms with Crippen LogP contribution in [0, 0.1) is 0 Å². The molecule has 1 aliphatic carbocycles. The van der Waals surface area contributed by atoms with Crippen molar-refractivity contribution in [3.63, 3.8) is 0 Å². The fraction of sp³-hybridized carbons (Fsp3) is 0.378. The minimum atomic E-state index is -2.55. The second kappa shape index (κ2) is 14.3. The first kappa shape index (κ1) is 34.8. The molecule has 1 saturated carbocycles. The predicted molar refractivity (Wildman–Crippen MR) is 182 cm³/mol. The second-order valence-corrected chi connectivity index (χ2v) is 14.5. The van der Waals surface area contributed by atoms with Crippen molar-refractivity contribution < 1.29 is 28.3 Å². The molecule has 11 heteroatoms. The summed E-state index contributed by atoms with van der Waals surface area (Å²) in [6.45, 7) is 7.53. The van der Waals surface area contributed by atoms with Gasteiger partial charge in [0.25, 0.3) is 5.91 Å². The number of benzene rings is 2. The summed E-state index contributed by atoms with van der Waals surface area (Å²) in [6, 6.07) is 16.7. The molecule has 4 aromatic rings. The molecule has 0 spiro atoms. The number of nitrogens with zero attached hydrogens (tertiary/aromatic N) is 2. The molecule has 1 aliphatic rings. The number of hydrogen-bond donors (Lipinski definition) is 3. The first-order valence-corrected chi connectivity index (χ1v) is 16.8. The first-order chi connectivity index (χ1) is 22.7. The van der Waals surface area contributed by atoms with E-state index in [1.165, 1.54) is 18.3 Å². The van der Waals surface area contributed by atoms with Crippen LogP contribution in [0.2, 0.25) is 0 Å². The number of aromatic nitrogens is 2. The fourth-order valence-corrected chi connectivity index (χ4v) is 6.62. The lowest BCUT2D eigenvalue weighted by Gasteiger charge is -2.28. The van der Waals surface area contributed by atoms with Gasteiger partial charge in [0.15, 0.2) is 5.82 Å². The van der Waals surface area contributed by atoms with Gasteiger partial charge in [0.1, 0.15) is 12.1 Å². The molecular formula is C37H40F2N4O4S. The summed E-state index contributed by atoms with van der Waals surface area (Å²) in [5, 5.41) is 14.6. The van der Waals surface area contributed by atoms with Gasteiger partial charge >= 0.3 is 5.97 Å². The molecule has 48 heavy (non-hydrogen) atoms. The normalized spacial score (nSPS) is 16.1. The highest BCUT2D eigenvalue weighted by Gasteiger charge is 2.35. The summed E-state index contributed by atoms with van der Waals surface area (Å²) in [5.74, 6) is -4.06. The summed E-state index contributed by atoms with van der Waals surface area (Å²) < 4.78 is 27.1. The largest absolute Gasteiger partial charge is 0.480 e. The highest BCUT2D eigenvalue weighted by atomic mass is 32.1.